The molecule has 0 radical (unpaired) electrons. The molecule has 0 N–H and O–H groups in total. The molecule has 3 saturated heterocycles. The molecule has 1 aromatic carbocycles. The lowest BCUT2D eigenvalue weighted by molar-refractivity contribution is -0.137. The minimum Gasteiger partial charge on any atom is -0.444 e. The van der Waals surface area contributed by atoms with Crippen LogP contribution in [0.2, 0.25) is 5.02 Å². The van der Waals surface area contributed by atoms with Crippen molar-refractivity contribution in [3.63, 3.8) is 0 Å². The average Bonchev–Trinajstić information content (AvgIpc) is 3.02. The quantitative estimate of drug-likeness (QED) is 0.636. The molecule has 188 valence electrons. The SMILES string of the molecule is CN1C(=O)C2(CCN(C(=O)OC(C)(C)C)CC2)C[C@@H]1CCN1CCN(c2cccc(Cl)c2)CC1. The molecule has 0 aromatic heterocycles. The lowest BCUT2D eigenvalue weighted by Crippen LogP contribution is -2.47. The molecule has 2 amide bonds. The largest absolute Gasteiger partial charge is 0.444 e. The van der Waals surface area contributed by atoms with Gasteiger partial charge in [-0.1, -0.05) is 17.7 Å². The minimum atomic E-state index is -0.500. The van der Waals surface area contributed by atoms with Crippen LogP contribution in [0, 0.1) is 5.41 Å². The smallest absolute Gasteiger partial charge is 0.410 e. The van der Waals surface area contributed by atoms with Crippen molar-refractivity contribution in [2.75, 3.05) is 57.8 Å². The van der Waals surface area contributed by atoms with Crippen molar-refractivity contribution in [3.8, 4) is 0 Å². The highest BCUT2D eigenvalue weighted by atomic mass is 35.5. The molecule has 0 unspecified atom stereocenters. The summed E-state index contributed by atoms with van der Waals surface area (Å²) >= 11 is 6.16. The van der Waals surface area contributed by atoms with Crippen molar-refractivity contribution in [3.05, 3.63) is 29.3 Å². The molecule has 3 aliphatic heterocycles. The normalized spacial score (nSPS) is 23.6. The number of piperazine rings is 1. The third-order valence-corrected chi connectivity index (χ3v) is 7.88. The summed E-state index contributed by atoms with van der Waals surface area (Å²) in [5.74, 6) is 0.257. The van der Waals surface area contributed by atoms with Gasteiger partial charge < -0.3 is 19.4 Å². The molecule has 1 spiro atoms. The second-order valence-electron chi connectivity index (χ2n) is 11.1. The van der Waals surface area contributed by atoms with Crippen LogP contribution in [-0.2, 0) is 9.53 Å². The van der Waals surface area contributed by atoms with E-state index in [1.54, 1.807) is 4.90 Å². The van der Waals surface area contributed by atoms with Gasteiger partial charge in [0, 0.05) is 69.6 Å². The van der Waals surface area contributed by atoms with Crippen LogP contribution in [0.5, 0.6) is 0 Å². The lowest BCUT2D eigenvalue weighted by Gasteiger charge is -2.38. The highest BCUT2D eigenvalue weighted by molar-refractivity contribution is 6.30. The zero-order chi connectivity index (χ0) is 24.5. The number of anilines is 1. The Kier molecular flexibility index (Phi) is 7.34. The van der Waals surface area contributed by atoms with Gasteiger partial charge >= 0.3 is 6.09 Å². The van der Waals surface area contributed by atoms with Gasteiger partial charge in [-0.05, 0) is 64.7 Å². The summed E-state index contributed by atoms with van der Waals surface area (Å²) in [6, 6.07) is 8.34. The number of piperidine rings is 1. The number of amides is 2. The van der Waals surface area contributed by atoms with Crippen LogP contribution in [0.25, 0.3) is 0 Å². The standard InChI is InChI=1S/C26H39ClN4O3/c1-25(2,3)34-24(33)31-12-9-26(10-13-31)19-22(28(4)23(26)32)8-11-29-14-16-30(17-15-29)21-7-5-6-20(27)18-21/h5-7,18,22H,8-17,19H2,1-4H3/t22-/m0/s1. The maximum absolute atomic E-state index is 13.2. The van der Waals surface area contributed by atoms with Gasteiger partial charge in [-0.15, -0.1) is 0 Å². The number of ether oxygens (including phenoxy) is 1. The first kappa shape index (κ1) is 25.1. The summed E-state index contributed by atoms with van der Waals surface area (Å²) in [7, 11) is 1.96. The second-order valence-corrected chi connectivity index (χ2v) is 11.6. The topological polar surface area (TPSA) is 56.3 Å². The molecule has 0 saturated carbocycles. The Morgan fingerprint density at radius 3 is 2.41 bits per heavy atom. The Balaban J connectivity index is 1.25. The third kappa shape index (κ3) is 5.62. The number of nitrogens with zero attached hydrogens (tertiary/aromatic N) is 4. The van der Waals surface area contributed by atoms with Crippen LogP contribution in [0.1, 0.15) is 46.5 Å². The molecule has 8 heteroatoms. The average molecular weight is 491 g/mol. The molecule has 3 fully saturated rings. The Labute approximate surface area is 208 Å². The number of hydrogen-bond acceptors (Lipinski definition) is 5. The molecule has 7 nitrogen and oxygen atoms in total. The summed E-state index contributed by atoms with van der Waals surface area (Å²) in [4.78, 5) is 34.3. The van der Waals surface area contributed by atoms with Crippen LogP contribution >= 0.6 is 11.6 Å². The summed E-state index contributed by atoms with van der Waals surface area (Å²) in [5, 5.41) is 0.778. The minimum absolute atomic E-state index is 0.257. The Bertz CT molecular complexity index is 886. The van der Waals surface area contributed by atoms with E-state index < -0.39 is 5.60 Å². The van der Waals surface area contributed by atoms with Crippen molar-refractivity contribution >= 4 is 29.3 Å². The van der Waals surface area contributed by atoms with Gasteiger partial charge in [0.1, 0.15) is 5.60 Å². The summed E-state index contributed by atoms with van der Waals surface area (Å²) in [6.45, 7) is 11.9. The van der Waals surface area contributed by atoms with E-state index in [0.29, 0.717) is 13.1 Å². The van der Waals surface area contributed by atoms with Gasteiger partial charge in [-0.25, -0.2) is 4.79 Å². The van der Waals surface area contributed by atoms with E-state index in [-0.39, 0.29) is 23.5 Å². The Morgan fingerprint density at radius 1 is 1.12 bits per heavy atom. The van der Waals surface area contributed by atoms with Crippen molar-refractivity contribution in [2.24, 2.45) is 5.41 Å². The van der Waals surface area contributed by atoms with Gasteiger partial charge in [0.25, 0.3) is 0 Å². The zero-order valence-electron chi connectivity index (χ0n) is 21.1. The zero-order valence-corrected chi connectivity index (χ0v) is 21.8. The van der Waals surface area contributed by atoms with Crippen molar-refractivity contribution in [2.45, 2.75) is 58.1 Å². The summed E-state index contributed by atoms with van der Waals surface area (Å²) < 4.78 is 5.52. The van der Waals surface area contributed by atoms with Crippen molar-refractivity contribution in [1.29, 1.82) is 0 Å². The number of halogens is 1. The molecule has 1 aromatic rings. The van der Waals surface area contributed by atoms with Gasteiger partial charge in [-0.2, -0.15) is 0 Å². The van der Waals surface area contributed by atoms with Crippen LogP contribution < -0.4 is 4.90 Å². The molecule has 34 heavy (non-hydrogen) atoms. The number of benzene rings is 1. The summed E-state index contributed by atoms with van der Waals surface area (Å²) in [5.41, 5.74) is 0.372. The maximum Gasteiger partial charge on any atom is 0.410 e. The highest BCUT2D eigenvalue weighted by Gasteiger charge is 2.51. The molecule has 4 rings (SSSR count). The first-order valence-corrected chi connectivity index (χ1v) is 12.9. The number of rotatable bonds is 4. The molecule has 1 atom stereocenters. The fourth-order valence-electron chi connectivity index (χ4n) is 5.61. The number of carbonyl (C=O) groups excluding carboxylic acids is 2. The van der Waals surface area contributed by atoms with E-state index in [0.717, 1.165) is 63.4 Å². The molecular formula is C26H39ClN4O3. The number of carbonyl (C=O) groups is 2. The van der Waals surface area contributed by atoms with E-state index in [1.807, 2.05) is 50.9 Å². The first-order chi connectivity index (χ1) is 16.1. The van der Waals surface area contributed by atoms with E-state index in [1.165, 1.54) is 5.69 Å². The van der Waals surface area contributed by atoms with Crippen molar-refractivity contribution < 1.29 is 14.3 Å². The van der Waals surface area contributed by atoms with Crippen LogP contribution in [-0.4, -0.2) is 91.2 Å². The monoisotopic (exact) mass is 490 g/mol. The number of likely N-dealkylation sites (tertiary alicyclic amines) is 2. The lowest BCUT2D eigenvalue weighted by atomic mass is 9.76. The third-order valence-electron chi connectivity index (χ3n) is 7.64. The van der Waals surface area contributed by atoms with E-state index in [9.17, 15) is 9.59 Å². The first-order valence-electron chi connectivity index (χ1n) is 12.5. The number of hydrogen-bond donors (Lipinski definition) is 0. The fraction of sp³-hybridized carbons (Fsp3) is 0.692. The Morgan fingerprint density at radius 2 is 1.79 bits per heavy atom. The fourth-order valence-corrected chi connectivity index (χ4v) is 5.79. The molecule has 0 bridgehead atoms. The summed E-state index contributed by atoms with van der Waals surface area (Å²) in [6.07, 6.45) is 3.08. The van der Waals surface area contributed by atoms with E-state index in [2.05, 4.69) is 15.9 Å². The van der Waals surface area contributed by atoms with E-state index >= 15 is 0 Å². The molecule has 3 heterocycles. The maximum atomic E-state index is 13.2. The Hall–Kier alpha value is -1.99. The second kappa shape index (κ2) is 9.94. The predicted octanol–water partition coefficient (Wildman–Crippen LogP) is 4.10. The molecular weight excluding hydrogens is 452 g/mol. The van der Waals surface area contributed by atoms with Crippen molar-refractivity contribution in [1.82, 2.24) is 14.7 Å². The van der Waals surface area contributed by atoms with Gasteiger partial charge in [0.15, 0.2) is 0 Å². The van der Waals surface area contributed by atoms with Gasteiger partial charge in [0.05, 0.1) is 5.41 Å². The van der Waals surface area contributed by atoms with Crippen LogP contribution in [0.3, 0.4) is 0 Å². The molecule has 3 aliphatic rings. The van der Waals surface area contributed by atoms with E-state index in [4.69, 9.17) is 16.3 Å². The van der Waals surface area contributed by atoms with Crippen LogP contribution in [0.4, 0.5) is 10.5 Å². The van der Waals surface area contributed by atoms with Gasteiger partial charge in [0.2, 0.25) is 5.91 Å². The predicted molar refractivity (Wildman–Crippen MR) is 135 cm³/mol. The van der Waals surface area contributed by atoms with Gasteiger partial charge in [-0.3, -0.25) is 9.69 Å². The molecule has 0 aliphatic carbocycles. The highest BCUT2D eigenvalue weighted by Crippen LogP contribution is 2.45. The van der Waals surface area contributed by atoms with Crippen LogP contribution in [0.15, 0.2) is 24.3 Å².